The third-order valence-electron chi connectivity index (χ3n) is 10.8. The van der Waals surface area contributed by atoms with Crippen molar-refractivity contribution in [2.24, 2.45) is 40.4 Å². The van der Waals surface area contributed by atoms with E-state index >= 15 is 0 Å². The van der Waals surface area contributed by atoms with E-state index in [9.17, 15) is 4.79 Å². The van der Waals surface area contributed by atoms with Gasteiger partial charge in [0, 0.05) is 12.1 Å². The molecule has 0 saturated heterocycles. The maximum absolute atomic E-state index is 12.2. The van der Waals surface area contributed by atoms with Gasteiger partial charge in [-0.05, 0) is 133 Å². The van der Waals surface area contributed by atoms with Gasteiger partial charge in [-0.3, -0.25) is 0 Å². The lowest BCUT2D eigenvalue weighted by Gasteiger charge is -2.61. The van der Waals surface area contributed by atoms with Crippen LogP contribution >= 0.6 is 0 Å². The predicted molar refractivity (Wildman–Crippen MR) is 128 cm³/mol. The Morgan fingerprint density at radius 3 is 2.32 bits per heavy atom. The summed E-state index contributed by atoms with van der Waals surface area (Å²) in [4.78, 5) is 14.6. The Morgan fingerprint density at radius 1 is 0.968 bits per heavy atom. The molecule has 0 radical (unpaired) electrons. The van der Waals surface area contributed by atoms with Gasteiger partial charge in [-0.1, -0.05) is 19.4 Å². The number of nitrogens with zero attached hydrogens (tertiary/aromatic N) is 1. The van der Waals surface area contributed by atoms with Gasteiger partial charge in [0.05, 0.1) is 0 Å². The van der Waals surface area contributed by atoms with Crippen LogP contribution in [0.5, 0.6) is 0 Å². The van der Waals surface area contributed by atoms with E-state index in [1.54, 1.807) is 6.08 Å². The SMILES string of the molecule is CC(C)=CC(=O)O[C@H]1CC[C@@]2(C)[C@@H](CC[C@@H]3[C@@H]2CC[C@]2(C)[C@@H]([C@H](C)N(C)C)CC[C@@H]32)C1. The molecular formula is C28H47NO2. The van der Waals surface area contributed by atoms with Crippen molar-refractivity contribution in [1.82, 2.24) is 4.90 Å². The van der Waals surface area contributed by atoms with E-state index in [4.69, 9.17) is 4.74 Å². The molecule has 0 aromatic carbocycles. The monoisotopic (exact) mass is 429 g/mol. The third kappa shape index (κ3) is 4.02. The highest BCUT2D eigenvalue weighted by Gasteiger charge is 2.60. The molecular weight excluding hydrogens is 382 g/mol. The number of fused-ring (bicyclic) bond motifs is 5. The molecule has 0 amide bonds. The van der Waals surface area contributed by atoms with Crippen molar-refractivity contribution in [3.63, 3.8) is 0 Å². The van der Waals surface area contributed by atoms with E-state index in [0.717, 1.165) is 48.0 Å². The molecule has 4 aliphatic rings. The molecule has 4 saturated carbocycles. The summed E-state index contributed by atoms with van der Waals surface area (Å²) in [5.41, 5.74) is 2.01. The summed E-state index contributed by atoms with van der Waals surface area (Å²) in [6.07, 6.45) is 13.6. The van der Waals surface area contributed by atoms with Gasteiger partial charge in [-0.25, -0.2) is 4.79 Å². The van der Waals surface area contributed by atoms with Crippen LogP contribution in [0.1, 0.15) is 92.4 Å². The number of hydrogen-bond acceptors (Lipinski definition) is 3. The van der Waals surface area contributed by atoms with E-state index in [2.05, 4.69) is 39.8 Å². The predicted octanol–water partition coefficient (Wildman–Crippen LogP) is 6.47. The second-order valence-electron chi connectivity index (χ2n) is 12.6. The highest BCUT2D eigenvalue weighted by molar-refractivity contribution is 5.82. The molecule has 31 heavy (non-hydrogen) atoms. The minimum Gasteiger partial charge on any atom is -0.459 e. The molecule has 4 aliphatic carbocycles. The number of carbonyl (C=O) groups is 1. The summed E-state index contributed by atoms with van der Waals surface area (Å²) in [5, 5.41) is 0. The van der Waals surface area contributed by atoms with Gasteiger partial charge in [0.25, 0.3) is 0 Å². The van der Waals surface area contributed by atoms with Crippen molar-refractivity contribution in [3.05, 3.63) is 11.6 Å². The van der Waals surface area contributed by atoms with E-state index in [1.807, 2.05) is 13.8 Å². The second kappa shape index (κ2) is 8.50. The average molecular weight is 430 g/mol. The summed E-state index contributed by atoms with van der Waals surface area (Å²) in [5.74, 6) is 4.17. The normalized spacial score (nSPS) is 45.3. The molecule has 0 heterocycles. The largest absolute Gasteiger partial charge is 0.459 e. The fraction of sp³-hybridized carbons (Fsp3) is 0.893. The fourth-order valence-corrected chi connectivity index (χ4v) is 8.95. The number of esters is 1. The van der Waals surface area contributed by atoms with Crippen molar-refractivity contribution in [1.29, 1.82) is 0 Å². The summed E-state index contributed by atoms with van der Waals surface area (Å²) in [6, 6.07) is 0.685. The Bertz CT molecular complexity index is 710. The van der Waals surface area contributed by atoms with Gasteiger partial charge in [0.15, 0.2) is 0 Å². The van der Waals surface area contributed by atoms with Crippen LogP contribution in [0.2, 0.25) is 0 Å². The highest BCUT2D eigenvalue weighted by atomic mass is 16.5. The molecule has 0 bridgehead atoms. The zero-order valence-electron chi connectivity index (χ0n) is 21.2. The minimum atomic E-state index is -0.136. The van der Waals surface area contributed by atoms with E-state index in [-0.39, 0.29) is 12.1 Å². The molecule has 0 aliphatic heterocycles. The van der Waals surface area contributed by atoms with Crippen LogP contribution in [-0.2, 0) is 9.53 Å². The quantitative estimate of drug-likeness (QED) is 0.379. The maximum Gasteiger partial charge on any atom is 0.330 e. The first-order chi connectivity index (χ1) is 14.6. The molecule has 4 fully saturated rings. The molecule has 9 atom stereocenters. The Kier molecular flexibility index (Phi) is 6.40. The molecule has 0 N–H and O–H groups in total. The maximum atomic E-state index is 12.2. The summed E-state index contributed by atoms with van der Waals surface area (Å²) >= 11 is 0. The molecule has 176 valence electrons. The second-order valence-corrected chi connectivity index (χ2v) is 12.6. The third-order valence-corrected chi connectivity index (χ3v) is 10.8. The van der Waals surface area contributed by atoms with Crippen molar-refractivity contribution >= 4 is 5.97 Å². The highest BCUT2D eigenvalue weighted by Crippen LogP contribution is 2.68. The van der Waals surface area contributed by atoms with Crippen molar-refractivity contribution in [3.8, 4) is 0 Å². The van der Waals surface area contributed by atoms with Crippen molar-refractivity contribution < 1.29 is 9.53 Å². The van der Waals surface area contributed by atoms with Crippen LogP contribution in [0, 0.1) is 40.4 Å². The van der Waals surface area contributed by atoms with Gasteiger partial charge in [-0.15, -0.1) is 0 Å². The lowest BCUT2D eigenvalue weighted by atomic mass is 9.44. The number of hydrogen-bond donors (Lipinski definition) is 0. The first-order valence-corrected chi connectivity index (χ1v) is 13.1. The Labute approximate surface area is 191 Å². The summed E-state index contributed by atoms with van der Waals surface area (Å²) < 4.78 is 5.86. The Hall–Kier alpha value is -0.830. The Morgan fingerprint density at radius 2 is 1.65 bits per heavy atom. The van der Waals surface area contributed by atoms with Crippen molar-refractivity contribution in [2.45, 2.75) is 105 Å². The van der Waals surface area contributed by atoms with Crippen LogP contribution in [0.4, 0.5) is 0 Å². The molecule has 0 unspecified atom stereocenters. The van der Waals surface area contributed by atoms with E-state index in [1.165, 1.54) is 44.9 Å². The van der Waals surface area contributed by atoms with Crippen LogP contribution in [0.15, 0.2) is 11.6 Å². The first kappa shape index (κ1) is 23.3. The van der Waals surface area contributed by atoms with Gasteiger partial charge >= 0.3 is 5.97 Å². The molecule has 0 aromatic rings. The van der Waals surface area contributed by atoms with Crippen LogP contribution in [0.25, 0.3) is 0 Å². The van der Waals surface area contributed by atoms with E-state index < -0.39 is 0 Å². The van der Waals surface area contributed by atoms with Gasteiger partial charge < -0.3 is 9.64 Å². The number of ether oxygens (including phenoxy) is 1. The smallest absolute Gasteiger partial charge is 0.330 e. The van der Waals surface area contributed by atoms with Crippen molar-refractivity contribution in [2.75, 3.05) is 14.1 Å². The molecule has 0 aromatic heterocycles. The number of carbonyl (C=O) groups excluding carboxylic acids is 1. The molecule has 4 rings (SSSR count). The van der Waals surface area contributed by atoms with Gasteiger partial charge in [0.1, 0.15) is 6.10 Å². The lowest BCUT2D eigenvalue weighted by Crippen LogP contribution is -2.55. The lowest BCUT2D eigenvalue weighted by molar-refractivity contribution is -0.158. The van der Waals surface area contributed by atoms with Gasteiger partial charge in [0.2, 0.25) is 0 Å². The Balaban J connectivity index is 1.46. The molecule has 3 heteroatoms. The molecule has 0 spiro atoms. The van der Waals surface area contributed by atoms with Gasteiger partial charge in [-0.2, -0.15) is 0 Å². The zero-order chi connectivity index (χ0) is 22.6. The average Bonchev–Trinajstić information content (AvgIpc) is 3.04. The number of rotatable bonds is 4. The standard InChI is InChI=1S/C28H47NO2/c1-18(2)16-26(30)31-21-12-14-27(4)20(17-21)8-9-22-24-11-10-23(19(3)29(6)7)28(24,5)15-13-25(22)27/h16,19-25H,8-15,17H2,1-7H3/t19-,20-,21-,22-,23+,24-,25-,27-,28+/m0/s1. The molecule has 3 nitrogen and oxygen atoms in total. The fourth-order valence-electron chi connectivity index (χ4n) is 8.95. The van der Waals surface area contributed by atoms with Crippen LogP contribution < -0.4 is 0 Å². The summed E-state index contributed by atoms with van der Waals surface area (Å²) in [6.45, 7) is 11.6. The van der Waals surface area contributed by atoms with E-state index in [0.29, 0.717) is 16.9 Å². The number of allylic oxidation sites excluding steroid dienone is 1. The topological polar surface area (TPSA) is 29.5 Å². The first-order valence-electron chi connectivity index (χ1n) is 13.1. The van der Waals surface area contributed by atoms with Crippen LogP contribution in [-0.4, -0.2) is 37.1 Å². The van der Waals surface area contributed by atoms with Crippen LogP contribution in [0.3, 0.4) is 0 Å². The zero-order valence-corrected chi connectivity index (χ0v) is 21.2. The summed E-state index contributed by atoms with van der Waals surface area (Å²) in [7, 11) is 4.53. The minimum absolute atomic E-state index is 0.128.